The van der Waals surface area contributed by atoms with Gasteiger partial charge in [-0.25, -0.2) is 4.79 Å². The number of primary amides is 1. The molecule has 0 radical (unpaired) electrons. The second-order valence-corrected chi connectivity index (χ2v) is 12.0. The fourth-order valence-corrected chi connectivity index (χ4v) is 6.18. The van der Waals surface area contributed by atoms with Crippen LogP contribution in [0.15, 0.2) is 59.5 Å². The lowest BCUT2D eigenvalue weighted by molar-refractivity contribution is -0.133. The molecule has 13 heteroatoms. The highest BCUT2D eigenvalue weighted by molar-refractivity contribution is 7.92. The number of amides is 3. The number of nitrogens with zero attached hydrogens (tertiary/aromatic N) is 1. The van der Waals surface area contributed by atoms with Crippen LogP contribution < -0.4 is 25.8 Å². The van der Waals surface area contributed by atoms with Crippen LogP contribution in [0, 0.1) is 13.2 Å². The third kappa shape index (κ3) is 7.00. The van der Waals surface area contributed by atoms with Gasteiger partial charge in [0, 0.05) is 23.5 Å². The Labute approximate surface area is 256 Å². The number of rotatable bonds is 10. The molecule has 44 heavy (non-hydrogen) atoms. The zero-order valence-electron chi connectivity index (χ0n) is 24.9. The summed E-state index contributed by atoms with van der Waals surface area (Å²) in [6, 6.07) is 12.7. The summed E-state index contributed by atoms with van der Waals surface area (Å²) < 4.78 is 41.0. The Kier molecular flexibility index (Phi) is 9.58. The summed E-state index contributed by atoms with van der Waals surface area (Å²) in [5, 5.41) is 5.81. The number of nitrogens with two attached hydrogens (primary N) is 1. The predicted octanol–water partition coefficient (Wildman–Crippen LogP) is 4.37. The van der Waals surface area contributed by atoms with Crippen molar-refractivity contribution in [2.24, 2.45) is 5.73 Å². The molecule has 2 atom stereocenters. The van der Waals surface area contributed by atoms with E-state index < -0.39 is 33.9 Å². The number of nitrogens with one attached hydrogen (secondary N) is 2. The number of hydrogen-bond donors (Lipinski definition) is 3. The van der Waals surface area contributed by atoms with Crippen molar-refractivity contribution in [3.63, 3.8) is 0 Å². The molecule has 0 saturated carbocycles. The smallest absolute Gasteiger partial charge is 0.411 e. The van der Waals surface area contributed by atoms with Crippen LogP contribution in [-0.2, 0) is 19.4 Å². The fraction of sp³-hybridized carbons (Fsp3) is 0.290. The van der Waals surface area contributed by atoms with Crippen LogP contribution in [0.1, 0.15) is 52.0 Å². The van der Waals surface area contributed by atoms with E-state index in [2.05, 4.69) is 21.6 Å². The molecule has 1 aliphatic heterocycles. The Morgan fingerprint density at radius 3 is 2.34 bits per heavy atom. The molecular formula is C31H35N4O8S+. The minimum Gasteiger partial charge on any atom is -0.493 e. The molecule has 1 heterocycles. The zero-order valence-corrected chi connectivity index (χ0v) is 25.7. The van der Waals surface area contributed by atoms with Gasteiger partial charge in [0.2, 0.25) is 11.8 Å². The Morgan fingerprint density at radius 1 is 0.977 bits per heavy atom. The number of sulfone groups is 1. The van der Waals surface area contributed by atoms with Crippen LogP contribution >= 0.6 is 0 Å². The lowest BCUT2D eigenvalue weighted by Gasteiger charge is -2.31. The number of benzene rings is 3. The van der Waals surface area contributed by atoms with Crippen molar-refractivity contribution in [1.82, 2.24) is 4.90 Å². The highest BCUT2D eigenvalue weighted by Gasteiger charge is 2.38. The van der Waals surface area contributed by atoms with Gasteiger partial charge in [0.25, 0.3) is 0 Å². The first-order valence-electron chi connectivity index (χ1n) is 13.6. The quantitative estimate of drug-likeness (QED) is 0.278. The SMILES string of the molecule is [CH2+]S(=O)(=O)c1ccc(NC(=O)OC)cc1[C@H]1CCCN1C(=O)[C@@H](Nc1cc(C)cc(C(N)=O)c1)c1ccc(OC)c(OC)c1. The molecule has 3 aromatic rings. The minimum absolute atomic E-state index is 0.0574. The van der Waals surface area contributed by atoms with Gasteiger partial charge in [-0.3, -0.25) is 14.9 Å². The number of anilines is 2. The average Bonchev–Trinajstić information content (AvgIpc) is 3.48. The minimum atomic E-state index is -3.95. The average molecular weight is 624 g/mol. The topological polar surface area (TPSA) is 166 Å². The van der Waals surface area contributed by atoms with E-state index in [1.165, 1.54) is 39.5 Å². The predicted molar refractivity (Wildman–Crippen MR) is 164 cm³/mol. The molecule has 1 fully saturated rings. The monoisotopic (exact) mass is 623 g/mol. The van der Waals surface area contributed by atoms with Gasteiger partial charge in [0.1, 0.15) is 10.9 Å². The van der Waals surface area contributed by atoms with Crippen LogP contribution in [0.5, 0.6) is 11.5 Å². The molecule has 0 unspecified atom stereocenters. The highest BCUT2D eigenvalue weighted by Crippen LogP contribution is 2.40. The third-order valence-electron chi connectivity index (χ3n) is 7.33. The number of carbonyl (C=O) groups excluding carboxylic acids is 3. The molecule has 232 valence electrons. The first-order chi connectivity index (χ1) is 20.9. The molecule has 0 bridgehead atoms. The maximum Gasteiger partial charge on any atom is 0.411 e. The second kappa shape index (κ2) is 13.2. The largest absolute Gasteiger partial charge is 0.493 e. The van der Waals surface area contributed by atoms with Gasteiger partial charge in [-0.15, -0.1) is 0 Å². The van der Waals surface area contributed by atoms with E-state index in [0.29, 0.717) is 53.4 Å². The lowest BCUT2D eigenvalue weighted by atomic mass is 10.00. The first-order valence-corrected chi connectivity index (χ1v) is 15.3. The molecule has 0 spiro atoms. The number of aryl methyl sites for hydroxylation is 1. The van der Waals surface area contributed by atoms with Crippen molar-refractivity contribution in [3.05, 3.63) is 83.1 Å². The summed E-state index contributed by atoms with van der Waals surface area (Å²) in [5.74, 6) is -0.113. The molecule has 1 saturated heterocycles. The Bertz CT molecular complexity index is 1690. The maximum atomic E-state index is 14.5. The number of carbonyl (C=O) groups is 3. The summed E-state index contributed by atoms with van der Waals surface area (Å²) in [6.45, 7) is 2.14. The van der Waals surface area contributed by atoms with Gasteiger partial charge in [0.05, 0.1) is 27.4 Å². The Balaban J connectivity index is 1.82. The van der Waals surface area contributed by atoms with Crippen molar-refractivity contribution >= 4 is 39.1 Å². The number of methoxy groups -OCH3 is 3. The first kappa shape index (κ1) is 32.0. The molecule has 4 N–H and O–H groups in total. The van der Waals surface area contributed by atoms with Gasteiger partial charge >= 0.3 is 15.9 Å². The van der Waals surface area contributed by atoms with E-state index in [4.69, 9.17) is 15.2 Å². The van der Waals surface area contributed by atoms with Crippen molar-refractivity contribution in [2.45, 2.75) is 36.7 Å². The van der Waals surface area contributed by atoms with Crippen molar-refractivity contribution in [1.29, 1.82) is 0 Å². The molecule has 0 aromatic heterocycles. The molecule has 12 nitrogen and oxygen atoms in total. The van der Waals surface area contributed by atoms with Crippen LogP contribution in [0.4, 0.5) is 16.2 Å². The van der Waals surface area contributed by atoms with Crippen LogP contribution in [0.25, 0.3) is 0 Å². The fourth-order valence-electron chi connectivity index (χ4n) is 5.35. The highest BCUT2D eigenvalue weighted by atomic mass is 32.2. The summed E-state index contributed by atoms with van der Waals surface area (Å²) in [4.78, 5) is 39.9. The van der Waals surface area contributed by atoms with E-state index in [1.54, 1.807) is 48.2 Å². The van der Waals surface area contributed by atoms with Crippen LogP contribution in [-0.4, -0.2) is 59.1 Å². The summed E-state index contributed by atoms with van der Waals surface area (Å²) >= 11 is 0. The zero-order chi connectivity index (χ0) is 32.2. The Hall–Kier alpha value is -4.91. The van der Waals surface area contributed by atoms with Crippen molar-refractivity contribution in [2.75, 3.05) is 38.5 Å². The third-order valence-corrected chi connectivity index (χ3v) is 8.37. The lowest BCUT2D eigenvalue weighted by Crippen LogP contribution is -2.38. The normalized spacial score (nSPS) is 15.3. The van der Waals surface area contributed by atoms with Crippen LogP contribution in [0.2, 0.25) is 0 Å². The van der Waals surface area contributed by atoms with E-state index in [9.17, 15) is 22.8 Å². The van der Waals surface area contributed by atoms with E-state index in [0.717, 1.165) is 5.56 Å². The van der Waals surface area contributed by atoms with Gasteiger partial charge in [-0.2, -0.15) is 8.42 Å². The Morgan fingerprint density at radius 2 is 1.70 bits per heavy atom. The summed E-state index contributed by atoms with van der Waals surface area (Å²) in [5.41, 5.74) is 8.19. The molecular weight excluding hydrogens is 588 g/mol. The van der Waals surface area contributed by atoms with E-state index >= 15 is 0 Å². The molecule has 0 aliphatic carbocycles. The summed E-state index contributed by atoms with van der Waals surface area (Å²) in [7, 11) is 0.252. The molecule has 1 aliphatic rings. The van der Waals surface area contributed by atoms with E-state index in [1.807, 2.05) is 0 Å². The number of hydrogen-bond acceptors (Lipinski definition) is 9. The standard InChI is InChI=1S/C31H34N4O8S/c1-18-13-20(29(32)36)15-22(14-18)33-28(19-8-10-25(41-2)26(16-19)42-3)30(37)35-12-6-7-24(35)23-17-21(34-31(38)43-4)9-11-27(23)44(5,39)40/h8-11,13-17,24,28,33H,5-7,12H2,1-4H3,(H2-,32,34,36,38)/p+1/t24-,28+/m1/s1. The van der Waals surface area contributed by atoms with Crippen molar-refractivity contribution in [3.8, 4) is 11.5 Å². The van der Waals surface area contributed by atoms with Gasteiger partial charge in [-0.1, -0.05) is 6.07 Å². The second-order valence-electron chi connectivity index (χ2n) is 10.3. The van der Waals surface area contributed by atoms with Gasteiger partial charge < -0.3 is 30.2 Å². The van der Waals surface area contributed by atoms with Gasteiger partial charge in [0.15, 0.2) is 17.8 Å². The maximum absolute atomic E-state index is 14.5. The van der Waals surface area contributed by atoms with Gasteiger partial charge in [-0.05, 0) is 85.0 Å². The summed E-state index contributed by atoms with van der Waals surface area (Å²) in [6.07, 6.45) is 3.66. The van der Waals surface area contributed by atoms with E-state index in [-0.39, 0.29) is 16.4 Å². The molecule has 4 rings (SSSR count). The number of likely N-dealkylation sites (tertiary alicyclic amines) is 1. The van der Waals surface area contributed by atoms with Crippen molar-refractivity contribution < 1.29 is 37.0 Å². The molecule has 3 amide bonds. The van der Waals surface area contributed by atoms with Crippen LogP contribution in [0.3, 0.4) is 0 Å². The molecule has 3 aromatic carbocycles. The number of ether oxygens (including phenoxy) is 3.